The van der Waals surface area contributed by atoms with Gasteiger partial charge in [0, 0.05) is 6.54 Å². The van der Waals surface area contributed by atoms with Gasteiger partial charge in [-0.05, 0) is 61.5 Å². The Hall–Kier alpha value is -2.53. The van der Waals surface area contributed by atoms with Gasteiger partial charge >= 0.3 is 0 Å². The number of nitrogens with zero attached hydrogens (tertiary/aromatic N) is 2. The molecule has 1 heterocycles. The van der Waals surface area contributed by atoms with Crippen LogP contribution in [0.3, 0.4) is 0 Å². The maximum Gasteiger partial charge on any atom is 0.266 e. The van der Waals surface area contributed by atoms with E-state index in [0.717, 1.165) is 11.3 Å². The maximum absolute atomic E-state index is 12.6. The van der Waals surface area contributed by atoms with Crippen molar-refractivity contribution in [2.24, 2.45) is 4.99 Å². The highest BCUT2D eigenvalue weighted by atomic mass is 32.2. The zero-order chi connectivity index (χ0) is 17.1. The average Bonchev–Trinajstić information content (AvgIpc) is 2.84. The van der Waals surface area contributed by atoms with Crippen molar-refractivity contribution >= 4 is 34.6 Å². The topological polar surface area (TPSA) is 52.9 Å². The van der Waals surface area contributed by atoms with E-state index in [1.807, 2.05) is 44.2 Å². The number of rotatable bonds is 3. The fourth-order valence-electron chi connectivity index (χ4n) is 2.37. The minimum absolute atomic E-state index is 0.0586. The Kier molecular flexibility index (Phi) is 4.71. The van der Waals surface area contributed by atoms with Crippen LogP contribution in [0.5, 0.6) is 5.75 Å². The number of hydrogen-bond acceptors (Lipinski definition) is 4. The van der Waals surface area contributed by atoms with Crippen LogP contribution in [0.4, 0.5) is 5.69 Å². The molecule has 1 amide bonds. The third-order valence-corrected chi connectivity index (χ3v) is 4.64. The molecule has 2 aromatic rings. The van der Waals surface area contributed by atoms with E-state index in [9.17, 15) is 9.90 Å². The Morgan fingerprint density at radius 1 is 1.21 bits per heavy atom. The first-order valence-electron chi connectivity index (χ1n) is 7.72. The number of benzene rings is 2. The van der Waals surface area contributed by atoms with Crippen molar-refractivity contribution in [3.63, 3.8) is 0 Å². The van der Waals surface area contributed by atoms with Gasteiger partial charge in [-0.25, -0.2) is 4.99 Å². The van der Waals surface area contributed by atoms with Crippen molar-refractivity contribution in [3.8, 4) is 5.75 Å². The smallest absolute Gasteiger partial charge is 0.266 e. The van der Waals surface area contributed by atoms with Crippen molar-refractivity contribution in [2.75, 3.05) is 6.54 Å². The lowest BCUT2D eigenvalue weighted by Gasteiger charge is -2.12. The van der Waals surface area contributed by atoms with E-state index < -0.39 is 0 Å². The zero-order valence-electron chi connectivity index (χ0n) is 13.6. The lowest BCUT2D eigenvalue weighted by molar-refractivity contribution is -0.122. The monoisotopic (exact) mass is 338 g/mol. The summed E-state index contributed by atoms with van der Waals surface area (Å²) in [5, 5.41) is 10.2. The number of aryl methyl sites for hydroxylation is 1. The number of phenolic OH excluding ortho intramolecular Hbond substituents is 1. The second kappa shape index (κ2) is 6.93. The second-order valence-corrected chi connectivity index (χ2v) is 6.49. The Morgan fingerprint density at radius 3 is 2.62 bits per heavy atom. The van der Waals surface area contributed by atoms with Crippen LogP contribution in [0.2, 0.25) is 0 Å². The quantitative estimate of drug-likeness (QED) is 0.848. The van der Waals surface area contributed by atoms with Crippen molar-refractivity contribution in [1.29, 1.82) is 0 Å². The molecule has 24 heavy (non-hydrogen) atoms. The van der Waals surface area contributed by atoms with Crippen LogP contribution in [0.15, 0.2) is 58.4 Å². The number of carbonyl (C=O) groups is 1. The summed E-state index contributed by atoms with van der Waals surface area (Å²) < 4.78 is 0. The van der Waals surface area contributed by atoms with Gasteiger partial charge in [0.05, 0.1) is 10.6 Å². The molecule has 1 N–H and O–H groups in total. The van der Waals surface area contributed by atoms with Gasteiger partial charge in [-0.2, -0.15) is 0 Å². The summed E-state index contributed by atoms with van der Waals surface area (Å²) in [6, 6.07) is 14.7. The van der Waals surface area contributed by atoms with Gasteiger partial charge in [0.15, 0.2) is 5.17 Å². The van der Waals surface area contributed by atoms with Gasteiger partial charge in [0.25, 0.3) is 5.91 Å². The highest BCUT2D eigenvalue weighted by molar-refractivity contribution is 8.18. The summed E-state index contributed by atoms with van der Waals surface area (Å²) in [6.07, 6.45) is 1.78. The number of phenols is 1. The Labute approximate surface area is 145 Å². The lowest BCUT2D eigenvalue weighted by Crippen LogP contribution is -2.28. The normalized spacial score (nSPS) is 17.9. The fraction of sp³-hybridized carbons (Fsp3) is 0.158. The molecule has 4 nitrogen and oxygen atoms in total. The average molecular weight is 338 g/mol. The second-order valence-electron chi connectivity index (χ2n) is 5.48. The SMILES string of the molecule is CCN1C(=O)/C(=C/c2cccc(O)c2)SC1=Nc1ccc(C)cc1. The van der Waals surface area contributed by atoms with Crippen LogP contribution in [0, 0.1) is 6.92 Å². The molecule has 122 valence electrons. The molecule has 0 aromatic heterocycles. The molecular weight excluding hydrogens is 320 g/mol. The number of aromatic hydroxyl groups is 1. The molecule has 1 fully saturated rings. The summed E-state index contributed by atoms with van der Waals surface area (Å²) in [7, 11) is 0. The van der Waals surface area contributed by atoms with E-state index in [4.69, 9.17) is 0 Å². The van der Waals surface area contributed by atoms with E-state index in [-0.39, 0.29) is 11.7 Å². The molecule has 1 aliphatic rings. The Morgan fingerprint density at radius 2 is 1.96 bits per heavy atom. The van der Waals surface area contributed by atoms with E-state index >= 15 is 0 Å². The molecule has 0 aliphatic carbocycles. The number of aliphatic imine (C=N–C) groups is 1. The molecule has 0 saturated carbocycles. The molecule has 3 rings (SSSR count). The Balaban J connectivity index is 1.92. The van der Waals surface area contributed by atoms with Crippen molar-refractivity contribution in [2.45, 2.75) is 13.8 Å². The van der Waals surface area contributed by atoms with Crippen LogP contribution >= 0.6 is 11.8 Å². The summed E-state index contributed by atoms with van der Waals surface area (Å²) in [5.74, 6) is 0.123. The van der Waals surface area contributed by atoms with E-state index in [2.05, 4.69) is 4.99 Å². The van der Waals surface area contributed by atoms with Gasteiger partial charge in [0.2, 0.25) is 0 Å². The summed E-state index contributed by atoms with van der Waals surface area (Å²) >= 11 is 1.36. The number of hydrogen-bond donors (Lipinski definition) is 1. The molecule has 2 aromatic carbocycles. The number of likely N-dealkylation sites (N-methyl/N-ethyl adjacent to an activating group) is 1. The molecule has 1 saturated heterocycles. The van der Waals surface area contributed by atoms with Crippen LogP contribution in [-0.4, -0.2) is 27.6 Å². The van der Waals surface area contributed by atoms with Gasteiger partial charge in [-0.1, -0.05) is 29.8 Å². The summed E-state index contributed by atoms with van der Waals surface area (Å²) in [5.41, 5.74) is 2.79. The predicted octanol–water partition coefficient (Wildman–Crippen LogP) is 4.32. The van der Waals surface area contributed by atoms with Crippen molar-refractivity contribution in [3.05, 3.63) is 64.6 Å². The van der Waals surface area contributed by atoms with E-state index in [0.29, 0.717) is 16.6 Å². The molecule has 0 radical (unpaired) electrons. The van der Waals surface area contributed by atoms with Crippen LogP contribution in [0.25, 0.3) is 6.08 Å². The minimum atomic E-state index is -0.0586. The molecule has 0 atom stereocenters. The lowest BCUT2D eigenvalue weighted by atomic mass is 10.2. The zero-order valence-corrected chi connectivity index (χ0v) is 14.4. The number of carbonyl (C=O) groups excluding carboxylic acids is 1. The number of thioether (sulfide) groups is 1. The van der Waals surface area contributed by atoms with Gasteiger partial charge in [-0.3, -0.25) is 9.69 Å². The van der Waals surface area contributed by atoms with Crippen LogP contribution < -0.4 is 0 Å². The molecular formula is C19H18N2O2S. The third-order valence-electron chi connectivity index (χ3n) is 3.63. The predicted molar refractivity (Wildman–Crippen MR) is 99.3 cm³/mol. The largest absolute Gasteiger partial charge is 0.508 e. The van der Waals surface area contributed by atoms with E-state index in [1.165, 1.54) is 17.3 Å². The highest BCUT2D eigenvalue weighted by Gasteiger charge is 2.32. The fourth-order valence-corrected chi connectivity index (χ4v) is 3.43. The summed E-state index contributed by atoms with van der Waals surface area (Å²) in [4.78, 5) is 19.5. The highest BCUT2D eigenvalue weighted by Crippen LogP contribution is 2.34. The maximum atomic E-state index is 12.6. The Bertz CT molecular complexity index is 826. The van der Waals surface area contributed by atoms with Crippen molar-refractivity contribution < 1.29 is 9.90 Å². The number of amides is 1. The van der Waals surface area contributed by atoms with Crippen molar-refractivity contribution in [1.82, 2.24) is 4.90 Å². The standard InChI is InChI=1S/C19H18N2O2S/c1-3-21-18(23)17(12-14-5-4-6-16(22)11-14)24-19(21)20-15-9-7-13(2)8-10-15/h4-12,22H,3H2,1-2H3/b17-12-,20-19?. The molecule has 0 bridgehead atoms. The van der Waals surface area contributed by atoms with Gasteiger partial charge < -0.3 is 5.11 Å². The van der Waals surface area contributed by atoms with Crippen LogP contribution in [-0.2, 0) is 4.79 Å². The molecule has 0 unspecified atom stereocenters. The molecule has 0 spiro atoms. The van der Waals surface area contributed by atoms with Gasteiger partial charge in [-0.15, -0.1) is 0 Å². The first-order valence-corrected chi connectivity index (χ1v) is 8.54. The minimum Gasteiger partial charge on any atom is -0.508 e. The first kappa shape index (κ1) is 16.3. The molecule has 5 heteroatoms. The molecule has 1 aliphatic heterocycles. The third kappa shape index (κ3) is 3.51. The summed E-state index contributed by atoms with van der Waals surface area (Å²) in [6.45, 7) is 4.52. The van der Waals surface area contributed by atoms with Gasteiger partial charge in [0.1, 0.15) is 5.75 Å². The number of amidine groups is 1. The van der Waals surface area contributed by atoms with Crippen LogP contribution in [0.1, 0.15) is 18.1 Å². The first-order chi connectivity index (χ1) is 11.6. The van der Waals surface area contributed by atoms with E-state index in [1.54, 1.807) is 29.2 Å².